The van der Waals surface area contributed by atoms with Crippen LogP contribution < -0.4 is 10.1 Å². The van der Waals surface area contributed by atoms with Crippen molar-refractivity contribution < 1.29 is 4.74 Å². The fraction of sp³-hybridized carbons (Fsp3) is 0.143. The molecule has 24 heavy (non-hydrogen) atoms. The van der Waals surface area contributed by atoms with Gasteiger partial charge < -0.3 is 10.1 Å². The molecule has 0 aromatic heterocycles. The van der Waals surface area contributed by atoms with E-state index in [0.717, 1.165) is 17.9 Å². The number of halogens is 1. The van der Waals surface area contributed by atoms with Gasteiger partial charge in [-0.1, -0.05) is 60.1 Å². The van der Waals surface area contributed by atoms with E-state index in [0.29, 0.717) is 5.02 Å². The van der Waals surface area contributed by atoms with Crippen molar-refractivity contribution in [3.63, 3.8) is 0 Å². The van der Waals surface area contributed by atoms with Crippen molar-refractivity contribution in [3.8, 4) is 5.75 Å². The van der Waals surface area contributed by atoms with E-state index in [1.807, 2.05) is 49.4 Å². The lowest BCUT2D eigenvalue weighted by Gasteiger charge is -2.17. The molecule has 122 valence electrons. The lowest BCUT2D eigenvalue weighted by molar-refractivity contribution is 0.250. The molecule has 0 saturated heterocycles. The lowest BCUT2D eigenvalue weighted by atomic mass is 10.1. The molecule has 3 aromatic carbocycles. The van der Waals surface area contributed by atoms with E-state index in [1.165, 1.54) is 11.1 Å². The third-order valence-corrected chi connectivity index (χ3v) is 3.92. The number of hydrogen-bond donors (Lipinski definition) is 1. The molecule has 0 aliphatic rings. The summed E-state index contributed by atoms with van der Waals surface area (Å²) in [5.74, 6) is 0.842. The van der Waals surface area contributed by atoms with E-state index in [9.17, 15) is 0 Å². The summed E-state index contributed by atoms with van der Waals surface area (Å²) in [6.07, 6.45) is 0.778. The Morgan fingerprint density at radius 3 is 2.29 bits per heavy atom. The first kappa shape index (κ1) is 16.4. The summed E-state index contributed by atoms with van der Waals surface area (Å²) in [6, 6.07) is 26.3. The summed E-state index contributed by atoms with van der Waals surface area (Å²) in [4.78, 5) is 0. The SMILES string of the molecule is CC(Nc1cccc(Cl)c1)Oc1ccc(Cc2ccccc2)cc1. The van der Waals surface area contributed by atoms with E-state index in [1.54, 1.807) is 0 Å². The van der Waals surface area contributed by atoms with Gasteiger partial charge in [0.1, 0.15) is 5.75 Å². The molecule has 1 unspecified atom stereocenters. The second-order valence-corrected chi connectivity index (χ2v) is 6.16. The highest BCUT2D eigenvalue weighted by Crippen LogP contribution is 2.19. The van der Waals surface area contributed by atoms with Crippen molar-refractivity contribution in [2.75, 3.05) is 5.32 Å². The normalized spacial score (nSPS) is 11.8. The summed E-state index contributed by atoms with van der Waals surface area (Å²) in [7, 11) is 0. The predicted molar refractivity (Wildman–Crippen MR) is 101 cm³/mol. The fourth-order valence-electron chi connectivity index (χ4n) is 2.56. The second kappa shape index (κ2) is 7.89. The molecule has 1 atom stereocenters. The van der Waals surface area contributed by atoms with E-state index in [2.05, 4.69) is 41.7 Å². The Morgan fingerprint density at radius 2 is 1.58 bits per heavy atom. The van der Waals surface area contributed by atoms with Gasteiger partial charge in [0.15, 0.2) is 6.23 Å². The summed E-state index contributed by atoms with van der Waals surface area (Å²) in [5, 5.41) is 3.98. The molecule has 1 N–H and O–H groups in total. The Morgan fingerprint density at radius 1 is 0.875 bits per heavy atom. The van der Waals surface area contributed by atoms with Gasteiger partial charge in [-0.3, -0.25) is 0 Å². The molecule has 0 heterocycles. The molecule has 0 bridgehead atoms. The van der Waals surface area contributed by atoms with Gasteiger partial charge in [-0.05, 0) is 54.8 Å². The smallest absolute Gasteiger partial charge is 0.167 e. The highest BCUT2D eigenvalue weighted by atomic mass is 35.5. The summed E-state index contributed by atoms with van der Waals surface area (Å²) >= 11 is 5.99. The zero-order valence-corrected chi connectivity index (χ0v) is 14.3. The summed E-state index contributed by atoms with van der Waals surface area (Å²) in [5.41, 5.74) is 3.52. The third-order valence-electron chi connectivity index (χ3n) is 3.68. The Kier molecular flexibility index (Phi) is 5.39. The molecule has 2 nitrogen and oxygen atoms in total. The number of benzene rings is 3. The maximum atomic E-state index is 5.99. The molecule has 3 heteroatoms. The van der Waals surface area contributed by atoms with E-state index in [4.69, 9.17) is 16.3 Å². The maximum Gasteiger partial charge on any atom is 0.167 e. The van der Waals surface area contributed by atoms with Crippen LogP contribution in [0, 0.1) is 0 Å². The van der Waals surface area contributed by atoms with Gasteiger partial charge in [0.05, 0.1) is 0 Å². The van der Waals surface area contributed by atoms with Crippen LogP contribution in [0.15, 0.2) is 78.9 Å². The van der Waals surface area contributed by atoms with Crippen molar-refractivity contribution in [2.24, 2.45) is 0 Å². The minimum atomic E-state index is -0.150. The van der Waals surface area contributed by atoms with Crippen molar-refractivity contribution >= 4 is 17.3 Å². The first-order chi connectivity index (χ1) is 11.7. The summed E-state index contributed by atoms with van der Waals surface area (Å²) in [6.45, 7) is 1.97. The van der Waals surface area contributed by atoms with Crippen molar-refractivity contribution in [3.05, 3.63) is 95.0 Å². The van der Waals surface area contributed by atoms with Crippen LogP contribution in [-0.4, -0.2) is 6.23 Å². The quantitative estimate of drug-likeness (QED) is 0.577. The van der Waals surface area contributed by atoms with E-state index in [-0.39, 0.29) is 6.23 Å². The highest BCUT2D eigenvalue weighted by molar-refractivity contribution is 6.30. The average Bonchev–Trinajstić information content (AvgIpc) is 2.57. The van der Waals surface area contributed by atoms with E-state index >= 15 is 0 Å². The standard InChI is InChI=1S/C21H20ClNO/c1-16(23-20-9-5-8-19(22)15-20)24-21-12-10-18(11-13-21)14-17-6-3-2-4-7-17/h2-13,15-16,23H,14H2,1H3. The Labute approximate surface area is 148 Å². The highest BCUT2D eigenvalue weighted by Gasteiger charge is 2.04. The van der Waals surface area contributed by atoms with Crippen LogP contribution in [0.5, 0.6) is 5.75 Å². The molecular weight excluding hydrogens is 318 g/mol. The lowest BCUT2D eigenvalue weighted by Crippen LogP contribution is -2.22. The van der Waals surface area contributed by atoms with Crippen molar-refractivity contribution in [1.29, 1.82) is 0 Å². The monoisotopic (exact) mass is 337 g/mol. The Balaban J connectivity index is 1.57. The van der Waals surface area contributed by atoms with Gasteiger partial charge in [0.2, 0.25) is 0 Å². The number of nitrogens with one attached hydrogen (secondary N) is 1. The second-order valence-electron chi connectivity index (χ2n) is 5.72. The number of ether oxygens (including phenoxy) is 1. The molecule has 0 saturated carbocycles. The minimum Gasteiger partial charge on any atom is -0.471 e. The number of hydrogen-bond acceptors (Lipinski definition) is 2. The van der Waals surface area contributed by atoms with Gasteiger partial charge >= 0.3 is 0 Å². The number of rotatable bonds is 6. The van der Waals surface area contributed by atoms with Crippen LogP contribution in [0.2, 0.25) is 5.02 Å². The molecule has 0 aliphatic heterocycles. The van der Waals surface area contributed by atoms with Gasteiger partial charge in [-0.15, -0.1) is 0 Å². The zero-order chi connectivity index (χ0) is 16.8. The first-order valence-electron chi connectivity index (χ1n) is 8.01. The van der Waals surface area contributed by atoms with Gasteiger partial charge in [0, 0.05) is 10.7 Å². The van der Waals surface area contributed by atoms with Crippen molar-refractivity contribution in [1.82, 2.24) is 0 Å². The van der Waals surface area contributed by atoms with Gasteiger partial charge in [-0.2, -0.15) is 0 Å². The molecule has 3 aromatic rings. The van der Waals surface area contributed by atoms with Crippen LogP contribution >= 0.6 is 11.6 Å². The molecule has 0 amide bonds. The summed E-state index contributed by atoms with van der Waals surface area (Å²) < 4.78 is 5.91. The minimum absolute atomic E-state index is 0.150. The van der Waals surface area contributed by atoms with Gasteiger partial charge in [0.25, 0.3) is 0 Å². The van der Waals surface area contributed by atoms with Crippen LogP contribution in [0.3, 0.4) is 0 Å². The average molecular weight is 338 g/mol. The van der Waals surface area contributed by atoms with Crippen LogP contribution in [0.4, 0.5) is 5.69 Å². The maximum absolute atomic E-state index is 5.99. The number of anilines is 1. The van der Waals surface area contributed by atoms with Crippen LogP contribution in [0.25, 0.3) is 0 Å². The topological polar surface area (TPSA) is 21.3 Å². The third kappa shape index (κ3) is 4.77. The Hall–Kier alpha value is -2.45. The predicted octanol–water partition coefficient (Wildman–Crippen LogP) is 5.77. The van der Waals surface area contributed by atoms with Gasteiger partial charge in [-0.25, -0.2) is 0 Å². The van der Waals surface area contributed by atoms with Crippen LogP contribution in [-0.2, 0) is 6.42 Å². The zero-order valence-electron chi connectivity index (χ0n) is 13.6. The van der Waals surface area contributed by atoms with Crippen molar-refractivity contribution in [2.45, 2.75) is 19.6 Å². The van der Waals surface area contributed by atoms with E-state index < -0.39 is 0 Å². The fourth-order valence-corrected chi connectivity index (χ4v) is 2.75. The Bertz CT molecular complexity index is 771. The molecule has 0 fully saturated rings. The molecular formula is C21H20ClNO. The molecule has 0 aliphatic carbocycles. The molecule has 0 spiro atoms. The van der Waals surface area contributed by atoms with Crippen LogP contribution in [0.1, 0.15) is 18.1 Å². The molecule has 0 radical (unpaired) electrons. The first-order valence-corrected chi connectivity index (χ1v) is 8.38. The largest absolute Gasteiger partial charge is 0.471 e. The molecule has 3 rings (SSSR count).